The normalized spacial score (nSPS) is 10.9. The number of terminal acetylenes is 1. The zero-order valence-electron chi connectivity index (χ0n) is 21.9. The lowest BCUT2D eigenvalue weighted by Crippen LogP contribution is -2.27. The second-order valence-corrected chi connectivity index (χ2v) is 9.10. The second-order valence-electron chi connectivity index (χ2n) is 9.10. The maximum atomic E-state index is 14.9. The first-order valence-electron chi connectivity index (χ1n) is 12.1. The van der Waals surface area contributed by atoms with E-state index in [1.165, 1.54) is 17.9 Å². The number of halogens is 5. The molecular weight excluding hydrogens is 565 g/mol. The first kappa shape index (κ1) is 29.7. The van der Waals surface area contributed by atoms with Crippen molar-refractivity contribution in [3.63, 3.8) is 0 Å². The van der Waals surface area contributed by atoms with E-state index in [2.05, 4.69) is 15.9 Å². The number of esters is 1. The van der Waals surface area contributed by atoms with E-state index in [0.717, 1.165) is 18.2 Å². The maximum Gasteiger partial charge on any atom is 0.337 e. The summed E-state index contributed by atoms with van der Waals surface area (Å²) in [5.74, 6) is -10.8. The molecular formula is C29H20F5N3O5. The van der Waals surface area contributed by atoms with E-state index in [4.69, 9.17) is 11.2 Å². The molecule has 0 aliphatic heterocycles. The second kappa shape index (κ2) is 11.7. The Balaban J connectivity index is 1.91. The molecule has 0 saturated carbocycles. The van der Waals surface area contributed by atoms with Crippen molar-refractivity contribution in [2.45, 2.75) is 27.0 Å². The van der Waals surface area contributed by atoms with Crippen LogP contribution in [-0.4, -0.2) is 33.6 Å². The highest BCUT2D eigenvalue weighted by Gasteiger charge is 2.31. The smallest absolute Gasteiger partial charge is 0.337 e. The number of aryl methyl sites for hydroxylation is 1. The van der Waals surface area contributed by atoms with Gasteiger partial charge in [0, 0.05) is 19.0 Å². The monoisotopic (exact) mass is 585 g/mol. The van der Waals surface area contributed by atoms with Gasteiger partial charge in [-0.3, -0.25) is 9.59 Å². The Morgan fingerprint density at radius 3 is 2.31 bits per heavy atom. The Morgan fingerprint density at radius 2 is 1.71 bits per heavy atom. The van der Waals surface area contributed by atoms with Crippen LogP contribution in [0.5, 0.6) is 0 Å². The van der Waals surface area contributed by atoms with Crippen LogP contribution < -0.4 is 10.5 Å². The predicted octanol–water partition coefficient (Wildman–Crippen LogP) is 5.00. The minimum absolute atomic E-state index is 0.0895. The molecule has 0 spiro atoms. The fraction of sp³-hybridized carbons (Fsp3) is 0.172. The van der Waals surface area contributed by atoms with E-state index in [1.807, 2.05) is 0 Å². The van der Waals surface area contributed by atoms with Crippen molar-refractivity contribution in [2.75, 3.05) is 11.4 Å². The molecule has 0 aliphatic rings. The molecule has 4 aromatic rings. The van der Waals surface area contributed by atoms with Gasteiger partial charge >= 0.3 is 11.9 Å². The minimum Gasteiger partial charge on any atom is -0.478 e. The van der Waals surface area contributed by atoms with Crippen molar-refractivity contribution in [3.8, 4) is 23.5 Å². The Bertz CT molecular complexity index is 1840. The fourth-order valence-corrected chi connectivity index (χ4v) is 4.42. The largest absolute Gasteiger partial charge is 0.478 e. The number of anilines is 1. The van der Waals surface area contributed by atoms with Crippen LogP contribution in [0.15, 0.2) is 35.1 Å². The number of carbonyl (C=O) groups excluding carboxylic acids is 1. The Hall–Kier alpha value is -5.25. The van der Waals surface area contributed by atoms with Gasteiger partial charge < -0.3 is 19.7 Å². The van der Waals surface area contributed by atoms with E-state index < -0.39 is 69.0 Å². The number of hydrogen-bond donors (Lipinski definition) is 2. The van der Waals surface area contributed by atoms with Gasteiger partial charge in [0.05, 0.1) is 34.3 Å². The summed E-state index contributed by atoms with van der Waals surface area (Å²) in [4.78, 5) is 44.1. The molecule has 13 heteroatoms. The lowest BCUT2D eigenvalue weighted by atomic mass is 9.96. The molecule has 0 bridgehead atoms. The minimum atomic E-state index is -2.37. The molecule has 0 fully saturated rings. The standard InChI is InChI=1S/C29H20F5N3O5/c1-4-8-37(11-15-10-18-19(9-13(15)2)35-20(36-28(18)39)12-42-14(3)38)27-16(6-5-7-17(27)29(40)41)21-22(30)24(32)26(34)25(33)23(21)31/h1,5-7,9-10H,8,11-12H2,2-3H3,(H,40,41)(H,35,36,39). The first-order valence-corrected chi connectivity index (χ1v) is 12.1. The molecule has 0 aliphatic carbocycles. The molecule has 8 nitrogen and oxygen atoms in total. The van der Waals surface area contributed by atoms with Crippen molar-refractivity contribution in [1.29, 1.82) is 0 Å². The molecule has 1 aromatic heterocycles. The van der Waals surface area contributed by atoms with Gasteiger partial charge in [-0.1, -0.05) is 18.1 Å². The van der Waals surface area contributed by atoms with Crippen molar-refractivity contribution in [1.82, 2.24) is 9.97 Å². The molecule has 0 unspecified atom stereocenters. The first-order chi connectivity index (χ1) is 19.8. The van der Waals surface area contributed by atoms with E-state index in [9.17, 15) is 41.4 Å². The van der Waals surface area contributed by atoms with Crippen molar-refractivity contribution < 1.29 is 41.4 Å². The molecule has 0 atom stereocenters. The SMILES string of the molecule is C#CCN(Cc1cc2c(=O)[nH]c(COC(C)=O)nc2cc1C)c1c(C(=O)O)cccc1-c1c(F)c(F)c(F)c(F)c1F. The Kier molecular flexibility index (Phi) is 8.28. The van der Waals surface area contributed by atoms with Crippen molar-refractivity contribution in [2.24, 2.45) is 0 Å². The number of fused-ring (bicyclic) bond motifs is 1. The lowest BCUT2D eigenvalue weighted by Gasteiger charge is -2.28. The summed E-state index contributed by atoms with van der Waals surface area (Å²) in [5, 5.41) is 10.00. The summed E-state index contributed by atoms with van der Waals surface area (Å²) in [6.07, 6.45) is 5.52. The number of para-hydroxylation sites is 1. The molecule has 0 saturated heterocycles. The number of rotatable bonds is 8. The van der Waals surface area contributed by atoms with E-state index in [1.54, 1.807) is 13.0 Å². The van der Waals surface area contributed by atoms with Gasteiger partial charge in [-0.2, -0.15) is 0 Å². The Morgan fingerprint density at radius 1 is 1.07 bits per heavy atom. The van der Waals surface area contributed by atoms with Crippen LogP contribution in [0.1, 0.15) is 34.2 Å². The predicted molar refractivity (Wildman–Crippen MR) is 141 cm³/mol. The van der Waals surface area contributed by atoms with Gasteiger partial charge in [-0.25, -0.2) is 31.7 Å². The quantitative estimate of drug-likeness (QED) is 0.0985. The molecule has 3 aromatic carbocycles. The number of aromatic nitrogens is 2. The van der Waals surface area contributed by atoms with Crippen molar-refractivity contribution >= 4 is 28.5 Å². The number of carboxylic acids is 1. The molecule has 4 rings (SSSR count). The maximum absolute atomic E-state index is 14.9. The van der Waals surface area contributed by atoms with E-state index >= 15 is 0 Å². The number of ether oxygens (including phenoxy) is 1. The summed E-state index contributed by atoms with van der Waals surface area (Å²) in [7, 11) is 0. The molecule has 0 amide bonds. The summed E-state index contributed by atoms with van der Waals surface area (Å²) in [6, 6.07) is 6.17. The number of hydrogen-bond acceptors (Lipinski definition) is 6. The van der Waals surface area contributed by atoms with E-state index in [-0.39, 0.29) is 36.4 Å². The summed E-state index contributed by atoms with van der Waals surface area (Å²) >= 11 is 0. The third kappa shape index (κ3) is 5.51. The molecule has 2 N–H and O–H groups in total. The van der Waals surface area contributed by atoms with Crippen LogP contribution in [0, 0.1) is 48.4 Å². The van der Waals surface area contributed by atoms with Crippen LogP contribution in [-0.2, 0) is 22.7 Å². The summed E-state index contributed by atoms with van der Waals surface area (Å²) in [6.45, 7) is 1.96. The topological polar surface area (TPSA) is 113 Å². The molecule has 216 valence electrons. The fourth-order valence-electron chi connectivity index (χ4n) is 4.42. The molecule has 1 heterocycles. The number of carbonyl (C=O) groups is 2. The number of aromatic amines is 1. The number of H-pyrrole nitrogens is 1. The number of nitrogens with zero attached hydrogens (tertiary/aromatic N) is 2. The number of benzene rings is 3. The van der Waals surface area contributed by atoms with Gasteiger partial charge in [-0.05, 0) is 36.2 Å². The Labute approximate surface area is 234 Å². The number of nitrogens with one attached hydrogen (secondary N) is 1. The van der Waals surface area contributed by atoms with Gasteiger partial charge in [0.15, 0.2) is 23.3 Å². The van der Waals surface area contributed by atoms with E-state index in [0.29, 0.717) is 11.1 Å². The van der Waals surface area contributed by atoms with Gasteiger partial charge in [0.2, 0.25) is 5.82 Å². The third-order valence-electron chi connectivity index (χ3n) is 6.33. The van der Waals surface area contributed by atoms with Crippen molar-refractivity contribution in [3.05, 3.63) is 92.3 Å². The van der Waals surface area contributed by atoms with Gasteiger partial charge in [0.1, 0.15) is 12.4 Å². The summed E-state index contributed by atoms with van der Waals surface area (Å²) in [5.41, 5.74) is -2.27. The van der Waals surface area contributed by atoms with Gasteiger partial charge in [0.25, 0.3) is 5.56 Å². The van der Waals surface area contributed by atoms with Crippen LogP contribution in [0.4, 0.5) is 27.6 Å². The van der Waals surface area contributed by atoms with Crippen LogP contribution in [0.3, 0.4) is 0 Å². The zero-order valence-corrected chi connectivity index (χ0v) is 21.9. The lowest BCUT2D eigenvalue weighted by molar-refractivity contribution is -0.142. The van der Waals surface area contributed by atoms with Crippen LogP contribution in [0.2, 0.25) is 0 Å². The zero-order chi connectivity index (χ0) is 30.9. The number of aromatic carboxylic acids is 1. The highest BCUT2D eigenvalue weighted by Crippen LogP contribution is 2.40. The average molecular weight is 585 g/mol. The van der Waals surface area contributed by atoms with Gasteiger partial charge in [-0.15, -0.1) is 6.42 Å². The average Bonchev–Trinajstić information content (AvgIpc) is 2.94. The highest BCUT2D eigenvalue weighted by molar-refractivity contribution is 6.00. The molecule has 42 heavy (non-hydrogen) atoms. The van der Waals surface area contributed by atoms with Crippen LogP contribution >= 0.6 is 0 Å². The number of carboxylic acid groups (broad SMARTS) is 1. The van der Waals surface area contributed by atoms with Crippen LogP contribution in [0.25, 0.3) is 22.0 Å². The third-order valence-corrected chi connectivity index (χ3v) is 6.33. The highest BCUT2D eigenvalue weighted by atomic mass is 19.2. The summed E-state index contributed by atoms with van der Waals surface area (Å²) < 4.78 is 76.7. The molecule has 0 radical (unpaired) electrons.